The molecule has 0 radical (unpaired) electrons. The van der Waals surface area contributed by atoms with Crippen LogP contribution in [0.2, 0.25) is 10.0 Å². The van der Waals surface area contributed by atoms with Gasteiger partial charge in [-0.15, -0.1) is 0 Å². The highest BCUT2D eigenvalue weighted by atomic mass is 35.5. The maximum atomic E-state index is 13.2. The first-order valence-electron chi connectivity index (χ1n) is 11.2. The molecule has 0 saturated carbocycles. The highest BCUT2D eigenvalue weighted by Gasteiger charge is 2.42. The SMILES string of the molecule is O=C(/C=C/c1ccccc1)C1=C(O)C(=O)N(CCCN2CCOCC2)C1c1ccc(Cl)c(Cl)c1. The lowest BCUT2D eigenvalue weighted by molar-refractivity contribution is -0.129. The largest absolute Gasteiger partial charge is 0.503 e. The van der Waals surface area contributed by atoms with E-state index in [0.29, 0.717) is 41.8 Å². The van der Waals surface area contributed by atoms with Crippen LogP contribution in [0.5, 0.6) is 0 Å². The molecule has 1 amide bonds. The predicted molar refractivity (Wildman–Crippen MR) is 133 cm³/mol. The summed E-state index contributed by atoms with van der Waals surface area (Å²) in [6.45, 7) is 4.26. The average Bonchev–Trinajstić information content (AvgIpc) is 3.11. The third-order valence-electron chi connectivity index (χ3n) is 6.03. The van der Waals surface area contributed by atoms with E-state index >= 15 is 0 Å². The third kappa shape index (κ3) is 5.53. The van der Waals surface area contributed by atoms with Gasteiger partial charge in [0, 0.05) is 26.2 Å². The molecule has 0 aliphatic carbocycles. The van der Waals surface area contributed by atoms with Crippen LogP contribution in [0, 0.1) is 0 Å². The lowest BCUT2D eigenvalue weighted by Gasteiger charge is -2.30. The fourth-order valence-corrected chi connectivity index (χ4v) is 4.59. The zero-order chi connectivity index (χ0) is 24.1. The molecule has 2 heterocycles. The van der Waals surface area contributed by atoms with Crippen molar-refractivity contribution >= 4 is 41.0 Å². The minimum atomic E-state index is -0.750. The van der Waals surface area contributed by atoms with E-state index in [9.17, 15) is 14.7 Å². The van der Waals surface area contributed by atoms with Crippen LogP contribution in [-0.4, -0.2) is 66.0 Å². The van der Waals surface area contributed by atoms with Gasteiger partial charge in [0.25, 0.3) is 5.91 Å². The molecule has 2 aromatic rings. The number of ketones is 1. The van der Waals surface area contributed by atoms with Gasteiger partial charge in [-0.05, 0) is 35.8 Å². The Morgan fingerprint density at radius 1 is 1.06 bits per heavy atom. The van der Waals surface area contributed by atoms with Crippen LogP contribution in [-0.2, 0) is 14.3 Å². The molecule has 1 saturated heterocycles. The molecule has 178 valence electrons. The van der Waals surface area contributed by atoms with Crippen molar-refractivity contribution in [2.45, 2.75) is 12.5 Å². The molecular formula is C26H26Cl2N2O4. The molecule has 1 unspecified atom stereocenters. The maximum absolute atomic E-state index is 13.2. The number of hydrogen-bond acceptors (Lipinski definition) is 5. The monoisotopic (exact) mass is 500 g/mol. The van der Waals surface area contributed by atoms with E-state index in [0.717, 1.165) is 25.2 Å². The van der Waals surface area contributed by atoms with Crippen molar-refractivity contribution in [2.24, 2.45) is 0 Å². The predicted octanol–water partition coefficient (Wildman–Crippen LogP) is 4.69. The van der Waals surface area contributed by atoms with E-state index < -0.39 is 23.5 Å². The molecular weight excluding hydrogens is 475 g/mol. The average molecular weight is 501 g/mol. The number of rotatable bonds is 8. The Bertz CT molecular complexity index is 1110. The Morgan fingerprint density at radius 3 is 2.50 bits per heavy atom. The summed E-state index contributed by atoms with van der Waals surface area (Å²) in [4.78, 5) is 30.1. The number of carbonyl (C=O) groups is 2. The Labute approximate surface area is 209 Å². The molecule has 8 heteroatoms. The number of aliphatic hydroxyl groups excluding tert-OH is 1. The Hall–Kier alpha value is -2.64. The second-order valence-electron chi connectivity index (χ2n) is 8.25. The molecule has 1 fully saturated rings. The molecule has 2 aliphatic rings. The van der Waals surface area contributed by atoms with Crippen LogP contribution in [0.15, 0.2) is 65.9 Å². The topological polar surface area (TPSA) is 70.1 Å². The summed E-state index contributed by atoms with van der Waals surface area (Å²) in [5, 5.41) is 11.4. The van der Waals surface area contributed by atoms with Crippen LogP contribution >= 0.6 is 23.2 Å². The van der Waals surface area contributed by atoms with Gasteiger partial charge in [0.2, 0.25) is 0 Å². The second kappa shape index (κ2) is 11.2. The number of allylic oxidation sites excluding steroid dienone is 1. The van der Waals surface area contributed by atoms with E-state index in [2.05, 4.69) is 4.90 Å². The van der Waals surface area contributed by atoms with Crippen molar-refractivity contribution in [3.05, 3.63) is 87.1 Å². The number of nitrogens with zero attached hydrogens (tertiary/aromatic N) is 2. The van der Waals surface area contributed by atoms with E-state index in [-0.39, 0.29) is 5.57 Å². The number of benzene rings is 2. The molecule has 2 aliphatic heterocycles. The van der Waals surface area contributed by atoms with Crippen molar-refractivity contribution in [3.63, 3.8) is 0 Å². The number of hydrogen-bond donors (Lipinski definition) is 1. The van der Waals surface area contributed by atoms with Gasteiger partial charge in [0.05, 0.1) is 34.9 Å². The number of aliphatic hydroxyl groups is 1. The van der Waals surface area contributed by atoms with E-state index in [1.807, 2.05) is 30.3 Å². The quantitative estimate of drug-likeness (QED) is 0.532. The summed E-state index contributed by atoms with van der Waals surface area (Å²) in [7, 11) is 0. The van der Waals surface area contributed by atoms with Gasteiger partial charge in [0.1, 0.15) is 0 Å². The van der Waals surface area contributed by atoms with Gasteiger partial charge >= 0.3 is 0 Å². The summed E-state index contributed by atoms with van der Waals surface area (Å²) in [6, 6.07) is 13.6. The van der Waals surface area contributed by atoms with E-state index in [1.165, 1.54) is 6.08 Å². The number of ether oxygens (including phenoxy) is 1. The summed E-state index contributed by atoms with van der Waals surface area (Å²) in [6.07, 6.45) is 3.74. The Kier molecular flexibility index (Phi) is 8.06. The first-order chi connectivity index (χ1) is 16.5. The molecule has 34 heavy (non-hydrogen) atoms. The smallest absolute Gasteiger partial charge is 0.290 e. The van der Waals surface area contributed by atoms with E-state index in [1.54, 1.807) is 29.2 Å². The fourth-order valence-electron chi connectivity index (χ4n) is 4.28. The number of morpholine rings is 1. The van der Waals surface area contributed by atoms with Crippen LogP contribution in [0.4, 0.5) is 0 Å². The number of halogens is 2. The normalized spacial score (nSPS) is 19.4. The van der Waals surface area contributed by atoms with Crippen LogP contribution in [0.25, 0.3) is 6.08 Å². The van der Waals surface area contributed by atoms with Gasteiger partial charge in [-0.25, -0.2) is 0 Å². The minimum absolute atomic E-state index is 0.0435. The lowest BCUT2D eigenvalue weighted by Crippen LogP contribution is -2.39. The lowest BCUT2D eigenvalue weighted by atomic mass is 9.95. The van der Waals surface area contributed by atoms with Gasteiger partial charge in [-0.3, -0.25) is 14.5 Å². The van der Waals surface area contributed by atoms with Gasteiger partial charge in [-0.2, -0.15) is 0 Å². The van der Waals surface area contributed by atoms with Crippen LogP contribution in [0.1, 0.15) is 23.6 Å². The van der Waals surface area contributed by atoms with Crippen molar-refractivity contribution < 1.29 is 19.4 Å². The summed E-state index contributed by atoms with van der Waals surface area (Å²) in [5.74, 6) is -1.51. The maximum Gasteiger partial charge on any atom is 0.290 e. The van der Waals surface area contributed by atoms with Crippen molar-refractivity contribution in [2.75, 3.05) is 39.4 Å². The van der Waals surface area contributed by atoms with Gasteiger partial charge in [-0.1, -0.05) is 65.7 Å². The van der Waals surface area contributed by atoms with Crippen LogP contribution in [0.3, 0.4) is 0 Å². The molecule has 0 bridgehead atoms. The minimum Gasteiger partial charge on any atom is -0.503 e. The van der Waals surface area contributed by atoms with Crippen molar-refractivity contribution in [3.8, 4) is 0 Å². The van der Waals surface area contributed by atoms with Gasteiger partial charge in [0.15, 0.2) is 11.5 Å². The van der Waals surface area contributed by atoms with E-state index in [4.69, 9.17) is 27.9 Å². The second-order valence-corrected chi connectivity index (χ2v) is 9.07. The summed E-state index contributed by atoms with van der Waals surface area (Å²) in [5.41, 5.74) is 1.50. The van der Waals surface area contributed by atoms with Crippen LogP contribution < -0.4 is 0 Å². The Morgan fingerprint density at radius 2 is 1.79 bits per heavy atom. The molecule has 4 rings (SSSR count). The molecule has 2 aromatic carbocycles. The zero-order valence-corrected chi connectivity index (χ0v) is 20.1. The fraction of sp³-hybridized carbons (Fsp3) is 0.308. The van der Waals surface area contributed by atoms with Crippen molar-refractivity contribution in [1.29, 1.82) is 0 Å². The van der Waals surface area contributed by atoms with Crippen molar-refractivity contribution in [1.82, 2.24) is 9.80 Å². The van der Waals surface area contributed by atoms with Gasteiger partial charge < -0.3 is 14.7 Å². The number of amides is 1. The number of carbonyl (C=O) groups excluding carboxylic acids is 2. The third-order valence-corrected chi connectivity index (χ3v) is 6.77. The molecule has 6 nitrogen and oxygen atoms in total. The Balaban J connectivity index is 1.59. The standard InChI is InChI=1S/C26H26Cl2N2O4/c27-20-9-8-19(17-21(20)28)24-23(22(31)10-7-18-5-2-1-3-6-18)25(32)26(33)30(24)12-4-11-29-13-15-34-16-14-29/h1-3,5-10,17,24,32H,4,11-16H2/b10-7+. The molecule has 1 N–H and O–H groups in total. The first kappa shape index (κ1) is 24.5. The summed E-state index contributed by atoms with van der Waals surface area (Å²) >= 11 is 12.4. The molecule has 0 spiro atoms. The molecule has 0 aromatic heterocycles. The molecule has 1 atom stereocenters. The zero-order valence-electron chi connectivity index (χ0n) is 18.6. The summed E-state index contributed by atoms with van der Waals surface area (Å²) < 4.78 is 5.39. The first-order valence-corrected chi connectivity index (χ1v) is 12.0. The highest BCUT2D eigenvalue weighted by molar-refractivity contribution is 6.42. The highest BCUT2D eigenvalue weighted by Crippen LogP contribution is 2.39.